The number of rotatable bonds is 11. The lowest BCUT2D eigenvalue weighted by atomic mass is 10.1. The number of aliphatic imine (C=N–C) groups is 1. The number of ether oxygens (including phenoxy) is 3. The summed E-state index contributed by atoms with van der Waals surface area (Å²) in [5, 5.41) is 0. The van der Waals surface area contributed by atoms with Crippen LogP contribution >= 0.6 is 0 Å². The number of benzene rings is 1. The fourth-order valence-electron chi connectivity index (χ4n) is 2.91. The molecule has 1 aromatic carbocycles. The van der Waals surface area contributed by atoms with Crippen molar-refractivity contribution >= 4 is 5.84 Å². The molecule has 1 aliphatic rings. The van der Waals surface area contributed by atoms with Crippen molar-refractivity contribution in [3.05, 3.63) is 29.3 Å². The van der Waals surface area contributed by atoms with Gasteiger partial charge in [-0.15, -0.1) is 0 Å². The maximum atomic E-state index is 6.15. The Labute approximate surface area is 145 Å². The van der Waals surface area contributed by atoms with Crippen molar-refractivity contribution in [2.24, 2.45) is 10.7 Å². The summed E-state index contributed by atoms with van der Waals surface area (Å²) in [6, 6.07) is 5.80. The highest BCUT2D eigenvalue weighted by molar-refractivity contribution is 6.04. The summed E-state index contributed by atoms with van der Waals surface area (Å²) in [7, 11) is 1.59. The first-order valence-corrected chi connectivity index (χ1v) is 8.99. The third kappa shape index (κ3) is 4.08. The number of amidine groups is 1. The van der Waals surface area contributed by atoms with Crippen LogP contribution in [0.1, 0.15) is 63.5 Å². The standard InChI is InChI=1S/C19H30N2O3/c1-4-6-7-8-9-14-23-16-12-10-11-15-17(16)18(20)21-19(15,22-3)24-13-5-2/h10-12H,4-9,13-14H2,1-3H3,(H2,20,21). The number of hydrogen-bond acceptors (Lipinski definition) is 5. The summed E-state index contributed by atoms with van der Waals surface area (Å²) in [6.45, 7) is 5.49. The predicted molar refractivity (Wildman–Crippen MR) is 96.4 cm³/mol. The van der Waals surface area contributed by atoms with E-state index in [2.05, 4.69) is 11.9 Å². The van der Waals surface area contributed by atoms with Gasteiger partial charge in [-0.05, 0) is 18.9 Å². The molecular weight excluding hydrogens is 304 g/mol. The fraction of sp³-hybridized carbons (Fsp3) is 0.632. The minimum atomic E-state index is -1.14. The molecule has 0 fully saturated rings. The van der Waals surface area contributed by atoms with Crippen molar-refractivity contribution in [3.8, 4) is 5.75 Å². The molecule has 0 aromatic heterocycles. The lowest BCUT2D eigenvalue weighted by Crippen LogP contribution is -2.28. The Hall–Kier alpha value is -1.59. The minimum Gasteiger partial charge on any atom is -0.493 e. The van der Waals surface area contributed by atoms with Crippen LogP contribution < -0.4 is 10.5 Å². The minimum absolute atomic E-state index is 0.407. The van der Waals surface area contributed by atoms with E-state index >= 15 is 0 Å². The second-order valence-electron chi connectivity index (χ2n) is 6.07. The van der Waals surface area contributed by atoms with Gasteiger partial charge in [0.15, 0.2) is 0 Å². The van der Waals surface area contributed by atoms with Gasteiger partial charge in [0.1, 0.15) is 11.6 Å². The molecule has 1 heterocycles. The highest BCUT2D eigenvalue weighted by Crippen LogP contribution is 2.40. The molecule has 0 aliphatic carbocycles. The number of unbranched alkanes of at least 4 members (excludes halogenated alkanes) is 4. The van der Waals surface area contributed by atoms with Crippen LogP contribution in [0.25, 0.3) is 0 Å². The molecule has 5 nitrogen and oxygen atoms in total. The second-order valence-corrected chi connectivity index (χ2v) is 6.07. The third-order valence-corrected chi connectivity index (χ3v) is 4.17. The van der Waals surface area contributed by atoms with Gasteiger partial charge in [0.25, 0.3) is 5.91 Å². The monoisotopic (exact) mass is 334 g/mol. The molecule has 2 rings (SSSR count). The molecule has 5 heteroatoms. The first kappa shape index (κ1) is 18.7. The highest BCUT2D eigenvalue weighted by Gasteiger charge is 2.42. The molecular formula is C19H30N2O3. The van der Waals surface area contributed by atoms with E-state index in [4.69, 9.17) is 19.9 Å². The maximum Gasteiger partial charge on any atom is 0.300 e. The van der Waals surface area contributed by atoms with Gasteiger partial charge < -0.3 is 19.9 Å². The van der Waals surface area contributed by atoms with E-state index in [1.165, 1.54) is 25.7 Å². The number of nitrogens with zero attached hydrogens (tertiary/aromatic N) is 1. The van der Waals surface area contributed by atoms with Crippen LogP contribution in [0.15, 0.2) is 23.2 Å². The Kier molecular flexibility index (Phi) is 7.06. The van der Waals surface area contributed by atoms with E-state index in [9.17, 15) is 0 Å². The van der Waals surface area contributed by atoms with Crippen molar-refractivity contribution in [2.45, 2.75) is 58.3 Å². The van der Waals surface area contributed by atoms with Crippen molar-refractivity contribution in [3.63, 3.8) is 0 Å². The van der Waals surface area contributed by atoms with Crippen LogP contribution in [0, 0.1) is 0 Å². The van der Waals surface area contributed by atoms with Gasteiger partial charge in [0.05, 0.1) is 24.3 Å². The molecule has 0 amide bonds. The Morgan fingerprint density at radius 2 is 1.83 bits per heavy atom. The second kappa shape index (κ2) is 9.04. The van der Waals surface area contributed by atoms with E-state index in [1.807, 2.05) is 25.1 Å². The van der Waals surface area contributed by atoms with Gasteiger partial charge in [-0.2, -0.15) is 0 Å². The van der Waals surface area contributed by atoms with Crippen LogP contribution in [0.3, 0.4) is 0 Å². The molecule has 0 bridgehead atoms. The topological polar surface area (TPSA) is 66.1 Å². The summed E-state index contributed by atoms with van der Waals surface area (Å²) in [5.74, 6) is 0.0171. The Balaban J connectivity index is 2.09. The normalized spacial score (nSPS) is 19.2. The summed E-state index contributed by atoms with van der Waals surface area (Å²) in [6.07, 6.45) is 6.90. The Morgan fingerprint density at radius 1 is 1.04 bits per heavy atom. The van der Waals surface area contributed by atoms with Gasteiger partial charge in [-0.1, -0.05) is 51.7 Å². The molecule has 0 spiro atoms. The molecule has 1 aliphatic heterocycles. The number of hydrogen-bond donors (Lipinski definition) is 1. The lowest BCUT2D eigenvalue weighted by Gasteiger charge is -2.25. The molecule has 1 unspecified atom stereocenters. The third-order valence-electron chi connectivity index (χ3n) is 4.17. The Bertz CT molecular complexity index is 560. The van der Waals surface area contributed by atoms with E-state index in [0.29, 0.717) is 19.0 Å². The molecule has 0 saturated carbocycles. The first-order valence-electron chi connectivity index (χ1n) is 8.99. The molecule has 1 atom stereocenters. The van der Waals surface area contributed by atoms with Crippen molar-refractivity contribution in [1.82, 2.24) is 0 Å². The van der Waals surface area contributed by atoms with Gasteiger partial charge in [-0.3, -0.25) is 0 Å². The molecule has 2 N–H and O–H groups in total. The van der Waals surface area contributed by atoms with Crippen LogP contribution in [-0.2, 0) is 15.4 Å². The SMILES string of the molecule is CCCCCCCOc1cccc2c1C(N)=NC2(OC)OCCC. The van der Waals surface area contributed by atoms with Crippen molar-refractivity contribution < 1.29 is 14.2 Å². The smallest absolute Gasteiger partial charge is 0.300 e. The molecule has 0 saturated heterocycles. The van der Waals surface area contributed by atoms with Crippen LogP contribution in [0.5, 0.6) is 5.75 Å². The van der Waals surface area contributed by atoms with Gasteiger partial charge >= 0.3 is 0 Å². The summed E-state index contributed by atoms with van der Waals surface area (Å²) >= 11 is 0. The van der Waals surface area contributed by atoms with E-state index in [-0.39, 0.29) is 0 Å². The average molecular weight is 334 g/mol. The maximum absolute atomic E-state index is 6.15. The van der Waals surface area contributed by atoms with Crippen LogP contribution in [0.4, 0.5) is 0 Å². The lowest BCUT2D eigenvalue weighted by molar-refractivity contribution is -0.224. The van der Waals surface area contributed by atoms with Crippen LogP contribution in [-0.4, -0.2) is 26.2 Å². The molecule has 134 valence electrons. The zero-order chi connectivity index (χ0) is 17.4. The number of methoxy groups -OCH3 is 1. The zero-order valence-electron chi connectivity index (χ0n) is 15.1. The van der Waals surface area contributed by atoms with E-state index in [0.717, 1.165) is 29.7 Å². The summed E-state index contributed by atoms with van der Waals surface area (Å²) < 4.78 is 17.4. The average Bonchev–Trinajstić information content (AvgIpc) is 2.90. The van der Waals surface area contributed by atoms with Gasteiger partial charge in [0.2, 0.25) is 0 Å². The van der Waals surface area contributed by atoms with Gasteiger partial charge in [0, 0.05) is 7.11 Å². The van der Waals surface area contributed by atoms with E-state index < -0.39 is 5.91 Å². The summed E-state index contributed by atoms with van der Waals surface area (Å²) in [4.78, 5) is 4.44. The highest BCUT2D eigenvalue weighted by atomic mass is 16.7. The quantitative estimate of drug-likeness (QED) is 0.492. The number of nitrogens with two attached hydrogens (primary N) is 1. The zero-order valence-corrected chi connectivity index (χ0v) is 15.1. The molecule has 24 heavy (non-hydrogen) atoms. The Morgan fingerprint density at radius 3 is 2.54 bits per heavy atom. The number of fused-ring (bicyclic) bond motifs is 1. The largest absolute Gasteiger partial charge is 0.493 e. The fourth-order valence-corrected chi connectivity index (χ4v) is 2.91. The van der Waals surface area contributed by atoms with Gasteiger partial charge in [-0.25, -0.2) is 4.99 Å². The van der Waals surface area contributed by atoms with Crippen molar-refractivity contribution in [1.29, 1.82) is 0 Å². The molecule has 0 radical (unpaired) electrons. The van der Waals surface area contributed by atoms with E-state index in [1.54, 1.807) is 7.11 Å². The summed E-state index contributed by atoms with van der Waals surface area (Å²) in [5.41, 5.74) is 7.76. The van der Waals surface area contributed by atoms with Crippen molar-refractivity contribution in [2.75, 3.05) is 20.3 Å². The first-order chi connectivity index (χ1) is 11.7. The molecule has 1 aromatic rings. The predicted octanol–water partition coefficient (Wildman–Crippen LogP) is 3.94. The van der Waals surface area contributed by atoms with Crippen LogP contribution in [0.2, 0.25) is 0 Å².